The van der Waals surface area contributed by atoms with Gasteiger partial charge in [0.15, 0.2) is 0 Å². The summed E-state index contributed by atoms with van der Waals surface area (Å²) in [5.41, 5.74) is -2.79. The van der Waals surface area contributed by atoms with Crippen molar-refractivity contribution in [3.63, 3.8) is 0 Å². The summed E-state index contributed by atoms with van der Waals surface area (Å²) in [7, 11) is 0. The third-order valence-electron chi connectivity index (χ3n) is 2.88. The van der Waals surface area contributed by atoms with Gasteiger partial charge in [0, 0.05) is 0 Å². The van der Waals surface area contributed by atoms with Crippen molar-refractivity contribution in [3.8, 4) is 0 Å². The highest BCUT2D eigenvalue weighted by molar-refractivity contribution is 5.30. The fourth-order valence-electron chi connectivity index (χ4n) is 1.80. The molecule has 20 heavy (non-hydrogen) atoms. The van der Waals surface area contributed by atoms with Crippen LogP contribution in [0.3, 0.4) is 0 Å². The van der Waals surface area contributed by atoms with Crippen molar-refractivity contribution in [2.75, 3.05) is 6.61 Å². The molecular formula is C12H12F3N3O2. The van der Waals surface area contributed by atoms with Gasteiger partial charge < -0.3 is 10.2 Å². The number of aromatic nitrogens is 3. The van der Waals surface area contributed by atoms with E-state index in [-0.39, 0.29) is 12.1 Å². The van der Waals surface area contributed by atoms with Crippen molar-refractivity contribution in [2.24, 2.45) is 0 Å². The van der Waals surface area contributed by atoms with Gasteiger partial charge >= 0.3 is 6.18 Å². The molecule has 2 aromatic rings. The van der Waals surface area contributed by atoms with Crippen molar-refractivity contribution in [2.45, 2.75) is 18.3 Å². The van der Waals surface area contributed by atoms with Gasteiger partial charge in [-0.2, -0.15) is 18.3 Å². The zero-order chi connectivity index (χ0) is 14.8. The number of nitrogens with zero attached hydrogens (tertiary/aromatic N) is 3. The smallest absolute Gasteiger partial charge is 0.393 e. The SMILES string of the molecule is OCC(O)(Cn1cncn1)c1cccc(C(F)(F)F)c1. The molecule has 0 aliphatic heterocycles. The van der Waals surface area contributed by atoms with Gasteiger partial charge in [-0.15, -0.1) is 0 Å². The molecule has 2 N–H and O–H groups in total. The largest absolute Gasteiger partial charge is 0.416 e. The van der Waals surface area contributed by atoms with Crippen LogP contribution in [-0.2, 0) is 18.3 Å². The molecule has 0 amide bonds. The van der Waals surface area contributed by atoms with Gasteiger partial charge in [-0.3, -0.25) is 0 Å². The van der Waals surface area contributed by atoms with E-state index in [0.717, 1.165) is 12.1 Å². The molecule has 1 unspecified atom stereocenters. The van der Waals surface area contributed by atoms with E-state index in [9.17, 15) is 23.4 Å². The van der Waals surface area contributed by atoms with E-state index in [1.54, 1.807) is 0 Å². The fourth-order valence-corrected chi connectivity index (χ4v) is 1.80. The number of aliphatic hydroxyl groups excluding tert-OH is 1. The Morgan fingerprint density at radius 1 is 1.20 bits per heavy atom. The molecule has 1 atom stereocenters. The monoisotopic (exact) mass is 287 g/mol. The van der Waals surface area contributed by atoms with Gasteiger partial charge in [0.05, 0.1) is 18.7 Å². The van der Waals surface area contributed by atoms with Crippen molar-refractivity contribution in [1.82, 2.24) is 14.8 Å². The van der Waals surface area contributed by atoms with Crippen LogP contribution in [0.25, 0.3) is 0 Å². The van der Waals surface area contributed by atoms with Crippen LogP contribution in [0.15, 0.2) is 36.9 Å². The van der Waals surface area contributed by atoms with E-state index in [2.05, 4.69) is 10.1 Å². The number of aliphatic hydroxyl groups is 2. The first-order chi connectivity index (χ1) is 9.35. The molecule has 0 aliphatic carbocycles. The first-order valence-electron chi connectivity index (χ1n) is 5.68. The van der Waals surface area contributed by atoms with Gasteiger partial charge in [0.1, 0.15) is 18.3 Å². The molecule has 2 rings (SSSR count). The average molecular weight is 287 g/mol. The molecule has 0 saturated carbocycles. The van der Waals surface area contributed by atoms with E-state index in [0.29, 0.717) is 0 Å². The van der Waals surface area contributed by atoms with Crippen molar-refractivity contribution >= 4 is 0 Å². The number of benzene rings is 1. The lowest BCUT2D eigenvalue weighted by molar-refractivity contribution is -0.137. The maximum atomic E-state index is 12.7. The zero-order valence-corrected chi connectivity index (χ0v) is 10.2. The molecule has 1 heterocycles. The summed E-state index contributed by atoms with van der Waals surface area (Å²) in [6, 6.07) is 4.21. The minimum absolute atomic E-state index is 0.0367. The van der Waals surface area contributed by atoms with Gasteiger partial charge in [-0.25, -0.2) is 9.67 Å². The van der Waals surface area contributed by atoms with Crippen LogP contribution in [0.5, 0.6) is 0 Å². The van der Waals surface area contributed by atoms with Gasteiger partial charge in [-0.05, 0) is 17.7 Å². The Morgan fingerprint density at radius 2 is 1.90 bits per heavy atom. The second-order valence-corrected chi connectivity index (χ2v) is 4.36. The highest BCUT2D eigenvalue weighted by atomic mass is 19.4. The maximum Gasteiger partial charge on any atom is 0.416 e. The Labute approximate surface area is 112 Å². The topological polar surface area (TPSA) is 71.2 Å². The highest BCUT2D eigenvalue weighted by Crippen LogP contribution is 2.32. The van der Waals surface area contributed by atoms with Gasteiger partial charge in [0.25, 0.3) is 0 Å². The van der Waals surface area contributed by atoms with Crippen molar-refractivity contribution in [1.29, 1.82) is 0 Å². The number of rotatable bonds is 4. The van der Waals surface area contributed by atoms with Crippen LogP contribution >= 0.6 is 0 Å². The molecule has 0 aliphatic rings. The molecule has 0 fully saturated rings. The number of hydrogen-bond donors (Lipinski definition) is 2. The quantitative estimate of drug-likeness (QED) is 0.885. The average Bonchev–Trinajstić information content (AvgIpc) is 2.90. The Hall–Kier alpha value is -1.93. The molecule has 0 radical (unpaired) electrons. The summed E-state index contributed by atoms with van der Waals surface area (Å²) in [4.78, 5) is 3.67. The second-order valence-electron chi connectivity index (χ2n) is 4.36. The van der Waals surface area contributed by atoms with E-state index in [1.165, 1.54) is 29.5 Å². The predicted molar refractivity (Wildman–Crippen MR) is 62.4 cm³/mol. The van der Waals surface area contributed by atoms with Crippen LogP contribution in [0, 0.1) is 0 Å². The van der Waals surface area contributed by atoms with Crippen molar-refractivity contribution < 1.29 is 23.4 Å². The van der Waals surface area contributed by atoms with Crippen LogP contribution in [0.2, 0.25) is 0 Å². The van der Waals surface area contributed by atoms with Gasteiger partial charge in [0.2, 0.25) is 0 Å². The zero-order valence-electron chi connectivity index (χ0n) is 10.2. The lowest BCUT2D eigenvalue weighted by atomic mass is 9.93. The van der Waals surface area contributed by atoms with Crippen LogP contribution in [0.4, 0.5) is 13.2 Å². The number of halogens is 3. The normalized spacial score (nSPS) is 15.1. The van der Waals surface area contributed by atoms with Crippen LogP contribution < -0.4 is 0 Å². The molecular weight excluding hydrogens is 275 g/mol. The van der Waals surface area contributed by atoms with E-state index < -0.39 is 23.9 Å². The van der Waals surface area contributed by atoms with Crippen molar-refractivity contribution in [3.05, 3.63) is 48.0 Å². The predicted octanol–water partition coefficient (Wildman–Crippen LogP) is 1.18. The summed E-state index contributed by atoms with van der Waals surface area (Å²) < 4.78 is 39.2. The summed E-state index contributed by atoms with van der Waals surface area (Å²) in [5.74, 6) is 0. The minimum Gasteiger partial charge on any atom is -0.393 e. The molecule has 8 heteroatoms. The molecule has 1 aromatic heterocycles. The summed E-state index contributed by atoms with van der Waals surface area (Å²) in [6.45, 7) is -0.945. The van der Waals surface area contributed by atoms with E-state index in [1.807, 2.05) is 0 Å². The first-order valence-corrected chi connectivity index (χ1v) is 5.68. The van der Waals surface area contributed by atoms with E-state index in [4.69, 9.17) is 0 Å². The molecule has 1 aromatic carbocycles. The molecule has 5 nitrogen and oxygen atoms in total. The lowest BCUT2D eigenvalue weighted by Gasteiger charge is -2.26. The Morgan fingerprint density at radius 3 is 2.45 bits per heavy atom. The second kappa shape index (κ2) is 5.22. The highest BCUT2D eigenvalue weighted by Gasteiger charge is 2.35. The lowest BCUT2D eigenvalue weighted by Crippen LogP contribution is -2.35. The number of hydrogen-bond acceptors (Lipinski definition) is 4. The van der Waals surface area contributed by atoms with E-state index >= 15 is 0 Å². The summed E-state index contributed by atoms with van der Waals surface area (Å²) in [5, 5.41) is 23.4. The third-order valence-corrected chi connectivity index (χ3v) is 2.88. The Balaban J connectivity index is 2.36. The Bertz CT molecular complexity index is 572. The van der Waals surface area contributed by atoms with Crippen LogP contribution in [-0.4, -0.2) is 31.6 Å². The number of alkyl halides is 3. The summed E-state index contributed by atoms with van der Waals surface area (Å²) in [6.07, 6.45) is -1.99. The molecule has 0 spiro atoms. The molecule has 0 saturated heterocycles. The van der Waals surface area contributed by atoms with Gasteiger partial charge in [-0.1, -0.05) is 12.1 Å². The standard InChI is InChI=1S/C12H12F3N3O2/c13-12(14,15)10-3-1-2-9(4-10)11(20,6-19)5-18-8-16-7-17-18/h1-4,7-8,19-20H,5-6H2. The molecule has 0 bridgehead atoms. The van der Waals surface area contributed by atoms with Crippen LogP contribution in [0.1, 0.15) is 11.1 Å². The first kappa shape index (κ1) is 14.5. The Kier molecular flexibility index (Phi) is 3.78. The molecule has 108 valence electrons. The fraction of sp³-hybridized carbons (Fsp3) is 0.333. The maximum absolute atomic E-state index is 12.7. The summed E-state index contributed by atoms with van der Waals surface area (Å²) >= 11 is 0. The third kappa shape index (κ3) is 2.97. The minimum atomic E-state index is -4.51.